The van der Waals surface area contributed by atoms with Crippen LogP contribution in [-0.2, 0) is 16.1 Å². The van der Waals surface area contributed by atoms with Crippen LogP contribution in [0.2, 0.25) is 5.02 Å². The topological polar surface area (TPSA) is 87.7 Å². The number of nitrogens with zero attached hydrogens (tertiary/aromatic N) is 4. The minimum atomic E-state index is -0.323. The number of hydrogen-bond acceptors (Lipinski definition) is 7. The van der Waals surface area contributed by atoms with Crippen molar-refractivity contribution >= 4 is 46.1 Å². The van der Waals surface area contributed by atoms with Crippen molar-refractivity contribution in [1.82, 2.24) is 15.1 Å². The zero-order chi connectivity index (χ0) is 23.2. The fourth-order valence-electron chi connectivity index (χ4n) is 3.43. The van der Waals surface area contributed by atoms with Crippen LogP contribution in [0.3, 0.4) is 0 Å². The lowest BCUT2D eigenvalue weighted by atomic mass is 10.2. The number of aromatic nitrogens is 2. The van der Waals surface area contributed by atoms with Crippen LogP contribution in [0.1, 0.15) is 20.4 Å². The second-order valence-corrected chi connectivity index (χ2v) is 9.16. The second kappa shape index (κ2) is 10.7. The molecule has 2 heterocycles. The largest absolute Gasteiger partial charge is 0.368 e. The normalized spacial score (nSPS) is 13.8. The molecule has 0 atom stereocenters. The molecule has 0 saturated carbocycles. The van der Waals surface area contributed by atoms with Crippen molar-refractivity contribution in [2.24, 2.45) is 0 Å². The van der Waals surface area contributed by atoms with Gasteiger partial charge in [0.2, 0.25) is 10.9 Å². The number of carbonyl (C=O) groups excluding carboxylic acids is 2. The Morgan fingerprint density at radius 1 is 1.09 bits per heavy atom. The van der Waals surface area contributed by atoms with Crippen molar-refractivity contribution in [2.45, 2.75) is 13.5 Å². The van der Waals surface area contributed by atoms with Crippen LogP contribution >= 0.6 is 22.9 Å². The zero-order valence-corrected chi connectivity index (χ0v) is 19.7. The van der Waals surface area contributed by atoms with Crippen molar-refractivity contribution in [3.8, 4) is 0 Å². The number of rotatable bonds is 7. The molecule has 2 aromatic carbocycles. The van der Waals surface area contributed by atoms with Gasteiger partial charge < -0.3 is 19.9 Å². The Labute approximate surface area is 201 Å². The third-order valence-electron chi connectivity index (χ3n) is 5.23. The first kappa shape index (κ1) is 23.2. The number of halogens is 1. The maximum atomic E-state index is 12.5. The Morgan fingerprint density at radius 3 is 2.58 bits per heavy atom. The predicted octanol–water partition coefficient (Wildman–Crippen LogP) is 3.62. The minimum Gasteiger partial charge on any atom is -0.368 e. The molecule has 1 aliphatic heterocycles. The van der Waals surface area contributed by atoms with Crippen molar-refractivity contribution in [3.05, 3.63) is 69.1 Å². The van der Waals surface area contributed by atoms with Crippen molar-refractivity contribution in [2.75, 3.05) is 43.0 Å². The number of benzene rings is 2. The summed E-state index contributed by atoms with van der Waals surface area (Å²) < 4.78 is 5.54. The first-order valence-corrected chi connectivity index (χ1v) is 11.7. The van der Waals surface area contributed by atoms with Gasteiger partial charge in [-0.25, -0.2) is 0 Å². The number of amides is 2. The van der Waals surface area contributed by atoms with Crippen LogP contribution in [0, 0.1) is 6.92 Å². The molecule has 4 rings (SSSR count). The fraction of sp³-hybridized carbons (Fsp3) is 0.304. The average molecular weight is 486 g/mol. The van der Waals surface area contributed by atoms with Gasteiger partial charge in [0, 0.05) is 42.6 Å². The van der Waals surface area contributed by atoms with E-state index in [-0.39, 0.29) is 30.0 Å². The van der Waals surface area contributed by atoms with E-state index in [9.17, 15) is 9.59 Å². The van der Waals surface area contributed by atoms with E-state index in [4.69, 9.17) is 16.3 Å². The predicted molar refractivity (Wildman–Crippen MR) is 129 cm³/mol. The summed E-state index contributed by atoms with van der Waals surface area (Å²) in [6.45, 7) is 4.79. The molecule has 1 saturated heterocycles. The van der Waals surface area contributed by atoms with E-state index in [0.717, 1.165) is 35.7 Å². The zero-order valence-electron chi connectivity index (χ0n) is 18.2. The van der Waals surface area contributed by atoms with Crippen LogP contribution in [0.5, 0.6) is 0 Å². The maximum Gasteiger partial charge on any atom is 0.286 e. The number of piperazine rings is 1. The SMILES string of the molecule is Cc1ccc(NC(=O)c2nnc(COCC(=O)N3CCN(c4cccc(Cl)c4)CC3)s2)cc1. The second-order valence-electron chi connectivity index (χ2n) is 7.66. The summed E-state index contributed by atoms with van der Waals surface area (Å²) in [6, 6.07) is 15.2. The molecule has 0 radical (unpaired) electrons. The first-order valence-electron chi connectivity index (χ1n) is 10.5. The molecule has 172 valence electrons. The molecule has 3 aromatic rings. The summed E-state index contributed by atoms with van der Waals surface area (Å²) in [4.78, 5) is 28.8. The van der Waals surface area contributed by atoms with E-state index >= 15 is 0 Å². The highest BCUT2D eigenvalue weighted by molar-refractivity contribution is 7.13. The van der Waals surface area contributed by atoms with Gasteiger partial charge in [0.25, 0.3) is 5.91 Å². The third kappa shape index (κ3) is 6.28. The van der Waals surface area contributed by atoms with E-state index in [1.165, 1.54) is 0 Å². The molecule has 0 spiro atoms. The summed E-state index contributed by atoms with van der Waals surface area (Å²) in [5.74, 6) is -0.390. The van der Waals surface area contributed by atoms with Crippen LogP contribution in [0.15, 0.2) is 48.5 Å². The quantitative estimate of drug-likeness (QED) is 0.550. The molecule has 1 fully saturated rings. The number of aryl methyl sites for hydroxylation is 1. The van der Waals surface area contributed by atoms with Gasteiger partial charge in [-0.3, -0.25) is 9.59 Å². The van der Waals surface area contributed by atoms with Gasteiger partial charge in [0.05, 0.1) is 0 Å². The van der Waals surface area contributed by atoms with E-state index in [2.05, 4.69) is 20.4 Å². The maximum absolute atomic E-state index is 12.5. The molecule has 1 N–H and O–H groups in total. The van der Waals surface area contributed by atoms with Crippen LogP contribution in [0.25, 0.3) is 0 Å². The summed E-state index contributed by atoms with van der Waals surface area (Å²) >= 11 is 7.22. The Morgan fingerprint density at radius 2 is 1.85 bits per heavy atom. The van der Waals surface area contributed by atoms with Gasteiger partial charge in [0.15, 0.2) is 0 Å². The summed E-state index contributed by atoms with van der Waals surface area (Å²) in [7, 11) is 0. The lowest BCUT2D eigenvalue weighted by Crippen LogP contribution is -2.49. The average Bonchev–Trinajstić information content (AvgIpc) is 3.30. The van der Waals surface area contributed by atoms with E-state index in [1.807, 2.05) is 55.5 Å². The van der Waals surface area contributed by atoms with Gasteiger partial charge in [-0.2, -0.15) is 0 Å². The van der Waals surface area contributed by atoms with E-state index in [0.29, 0.717) is 28.8 Å². The third-order valence-corrected chi connectivity index (χ3v) is 6.36. The lowest BCUT2D eigenvalue weighted by molar-refractivity contribution is -0.136. The first-order chi connectivity index (χ1) is 16.0. The molecule has 1 aromatic heterocycles. The molecule has 1 aliphatic rings. The Kier molecular flexibility index (Phi) is 7.54. The van der Waals surface area contributed by atoms with Crippen molar-refractivity contribution in [1.29, 1.82) is 0 Å². The van der Waals surface area contributed by atoms with Crippen LogP contribution in [0.4, 0.5) is 11.4 Å². The Balaban J connectivity index is 1.20. The van der Waals surface area contributed by atoms with Gasteiger partial charge >= 0.3 is 0 Å². The Hall–Kier alpha value is -3.01. The van der Waals surface area contributed by atoms with Crippen molar-refractivity contribution < 1.29 is 14.3 Å². The molecule has 0 aliphatic carbocycles. The summed E-state index contributed by atoms with van der Waals surface area (Å²) in [5.41, 5.74) is 2.87. The lowest BCUT2D eigenvalue weighted by Gasteiger charge is -2.36. The smallest absolute Gasteiger partial charge is 0.286 e. The molecular weight excluding hydrogens is 462 g/mol. The monoisotopic (exact) mass is 485 g/mol. The van der Waals surface area contributed by atoms with Crippen LogP contribution in [-0.4, -0.2) is 59.7 Å². The number of hydrogen-bond donors (Lipinski definition) is 1. The number of anilines is 2. The summed E-state index contributed by atoms with van der Waals surface area (Å²) in [5, 5.41) is 12.2. The molecule has 10 heteroatoms. The minimum absolute atomic E-state index is 0.0400. The van der Waals surface area contributed by atoms with E-state index < -0.39 is 0 Å². The highest BCUT2D eigenvalue weighted by atomic mass is 35.5. The molecule has 0 bridgehead atoms. The molecule has 0 unspecified atom stereocenters. The molecule has 8 nitrogen and oxygen atoms in total. The van der Waals surface area contributed by atoms with Crippen LogP contribution < -0.4 is 10.2 Å². The van der Waals surface area contributed by atoms with Gasteiger partial charge in [-0.05, 0) is 37.3 Å². The van der Waals surface area contributed by atoms with Gasteiger partial charge in [-0.1, -0.05) is 46.7 Å². The van der Waals surface area contributed by atoms with Gasteiger partial charge in [-0.15, -0.1) is 10.2 Å². The fourth-order valence-corrected chi connectivity index (χ4v) is 4.29. The van der Waals surface area contributed by atoms with Gasteiger partial charge in [0.1, 0.15) is 18.2 Å². The van der Waals surface area contributed by atoms with E-state index in [1.54, 1.807) is 4.90 Å². The number of ether oxygens (including phenoxy) is 1. The highest BCUT2D eigenvalue weighted by Crippen LogP contribution is 2.21. The number of carbonyl (C=O) groups is 2. The molecule has 2 amide bonds. The highest BCUT2D eigenvalue weighted by Gasteiger charge is 2.22. The summed E-state index contributed by atoms with van der Waals surface area (Å²) in [6.07, 6.45) is 0. The number of nitrogens with one attached hydrogen (secondary N) is 1. The molecular formula is C23H24ClN5O3S. The Bertz CT molecular complexity index is 1110. The van der Waals surface area contributed by atoms with Crippen molar-refractivity contribution in [3.63, 3.8) is 0 Å². The standard InChI is InChI=1S/C23H24ClN5O3S/c1-16-5-7-18(8-6-16)25-22(31)23-27-26-20(33-23)14-32-15-21(30)29-11-9-28(10-12-29)19-4-2-3-17(24)13-19/h2-8,13H,9-12,14-15H2,1H3,(H,25,31). The molecule has 33 heavy (non-hydrogen) atoms.